The topological polar surface area (TPSA) is 85.4 Å². The second-order valence-corrected chi connectivity index (χ2v) is 10.2. The average molecular weight is 499 g/mol. The third-order valence-electron chi connectivity index (χ3n) is 4.44. The molecule has 1 fully saturated rings. The van der Waals surface area contributed by atoms with Gasteiger partial charge in [-0.1, -0.05) is 15.9 Å². The van der Waals surface area contributed by atoms with Crippen LogP contribution in [0.4, 0.5) is 9.59 Å². The van der Waals surface area contributed by atoms with E-state index in [-0.39, 0.29) is 13.1 Å². The van der Waals surface area contributed by atoms with Crippen molar-refractivity contribution in [3.05, 3.63) is 33.8 Å². The molecule has 0 N–H and O–H groups in total. The van der Waals surface area contributed by atoms with Gasteiger partial charge in [0.2, 0.25) is 0 Å². The van der Waals surface area contributed by atoms with E-state index >= 15 is 0 Å². The van der Waals surface area contributed by atoms with E-state index in [2.05, 4.69) is 15.9 Å². The zero-order valence-corrected chi connectivity index (χ0v) is 20.7. The van der Waals surface area contributed by atoms with Crippen molar-refractivity contribution in [1.29, 1.82) is 0 Å². The van der Waals surface area contributed by atoms with Crippen LogP contribution in [0, 0.1) is 0 Å². The third kappa shape index (κ3) is 6.85. The quantitative estimate of drug-likeness (QED) is 0.431. The largest absolute Gasteiger partial charge is 0.465 e. The molecule has 1 aromatic rings. The molecular formula is C22H31BrN2O6. The Morgan fingerprint density at radius 2 is 1.55 bits per heavy atom. The molecule has 0 radical (unpaired) electrons. The number of piperazine rings is 1. The fourth-order valence-electron chi connectivity index (χ4n) is 3.12. The van der Waals surface area contributed by atoms with Crippen LogP contribution in [-0.4, -0.2) is 65.9 Å². The maximum atomic E-state index is 13.0. The van der Waals surface area contributed by atoms with E-state index in [1.807, 2.05) is 0 Å². The van der Waals surface area contributed by atoms with E-state index in [0.717, 1.165) is 0 Å². The van der Waals surface area contributed by atoms with Crippen molar-refractivity contribution in [2.75, 3.05) is 26.7 Å². The monoisotopic (exact) mass is 498 g/mol. The number of amides is 2. The summed E-state index contributed by atoms with van der Waals surface area (Å²) in [7, 11) is 1.31. The maximum absolute atomic E-state index is 13.0. The SMILES string of the molecule is COC(=O)c1ccc(Br)c(C2CN(C(=O)OC(C)(C)C)CCN2C(=O)OC(C)(C)C)c1. The molecule has 1 aliphatic heterocycles. The minimum absolute atomic E-state index is 0.192. The van der Waals surface area contributed by atoms with E-state index in [4.69, 9.17) is 14.2 Å². The van der Waals surface area contributed by atoms with Gasteiger partial charge in [0.25, 0.3) is 0 Å². The van der Waals surface area contributed by atoms with Crippen LogP contribution in [0.25, 0.3) is 0 Å². The first kappa shape index (κ1) is 25.0. The average Bonchev–Trinajstić information content (AvgIpc) is 2.64. The predicted octanol–water partition coefficient (Wildman–Crippen LogP) is 4.76. The standard InChI is InChI=1S/C22H31BrN2O6/c1-21(2,3)30-19(27)24-10-11-25(20(28)31-22(4,5)6)17(13-24)15-12-14(18(26)29-7)8-9-16(15)23/h8-9,12,17H,10-11,13H2,1-7H3. The van der Waals surface area contributed by atoms with Crippen LogP contribution in [0.2, 0.25) is 0 Å². The zero-order valence-electron chi connectivity index (χ0n) is 19.2. The fraction of sp³-hybridized carbons (Fsp3) is 0.591. The number of hydrogen-bond donors (Lipinski definition) is 0. The van der Waals surface area contributed by atoms with Crippen molar-refractivity contribution >= 4 is 34.1 Å². The number of carbonyl (C=O) groups is 3. The molecule has 8 nitrogen and oxygen atoms in total. The van der Waals surface area contributed by atoms with Gasteiger partial charge >= 0.3 is 18.2 Å². The minimum atomic E-state index is -0.672. The molecule has 1 aliphatic rings. The lowest BCUT2D eigenvalue weighted by Gasteiger charge is -2.42. The summed E-state index contributed by atoms with van der Waals surface area (Å²) in [6, 6.07) is 4.47. The third-order valence-corrected chi connectivity index (χ3v) is 5.16. The summed E-state index contributed by atoms with van der Waals surface area (Å²) in [6.07, 6.45) is -0.946. The molecule has 1 heterocycles. The Hall–Kier alpha value is -2.29. The Morgan fingerprint density at radius 3 is 2.10 bits per heavy atom. The Kier molecular flexibility index (Phi) is 7.62. The lowest BCUT2D eigenvalue weighted by molar-refractivity contribution is -0.0153. The van der Waals surface area contributed by atoms with Crippen LogP contribution in [0.3, 0.4) is 0 Å². The highest BCUT2D eigenvalue weighted by Gasteiger charge is 2.38. The van der Waals surface area contributed by atoms with Crippen molar-refractivity contribution in [1.82, 2.24) is 9.80 Å². The molecule has 0 aromatic heterocycles. The number of rotatable bonds is 2. The lowest BCUT2D eigenvalue weighted by atomic mass is 10.0. The summed E-state index contributed by atoms with van der Waals surface area (Å²) in [6.45, 7) is 11.5. The highest BCUT2D eigenvalue weighted by Crippen LogP contribution is 2.33. The number of ether oxygens (including phenoxy) is 3. The zero-order chi connectivity index (χ0) is 23.6. The Morgan fingerprint density at radius 1 is 0.968 bits per heavy atom. The van der Waals surface area contributed by atoms with Gasteiger partial charge in [0, 0.05) is 24.1 Å². The summed E-state index contributed by atoms with van der Waals surface area (Å²) >= 11 is 3.52. The molecule has 1 aromatic carbocycles. The van der Waals surface area contributed by atoms with Gasteiger partial charge < -0.3 is 19.1 Å². The molecule has 0 bridgehead atoms. The summed E-state index contributed by atoms with van der Waals surface area (Å²) in [5, 5.41) is 0. The summed E-state index contributed by atoms with van der Waals surface area (Å²) in [4.78, 5) is 40.8. The van der Waals surface area contributed by atoms with E-state index < -0.39 is 35.4 Å². The second kappa shape index (κ2) is 9.46. The number of methoxy groups -OCH3 is 1. The first-order valence-corrected chi connectivity index (χ1v) is 10.9. The molecule has 1 saturated heterocycles. The van der Waals surface area contributed by atoms with E-state index in [0.29, 0.717) is 22.1 Å². The van der Waals surface area contributed by atoms with Gasteiger partial charge in [0.05, 0.1) is 18.7 Å². The smallest absolute Gasteiger partial charge is 0.410 e. The van der Waals surface area contributed by atoms with Gasteiger partial charge in [0.1, 0.15) is 11.2 Å². The van der Waals surface area contributed by atoms with Gasteiger partial charge in [-0.2, -0.15) is 0 Å². The Balaban J connectivity index is 2.42. The van der Waals surface area contributed by atoms with Crippen molar-refractivity contribution < 1.29 is 28.6 Å². The first-order chi connectivity index (χ1) is 14.2. The predicted molar refractivity (Wildman–Crippen MR) is 119 cm³/mol. The van der Waals surface area contributed by atoms with Crippen molar-refractivity contribution in [3.8, 4) is 0 Å². The van der Waals surface area contributed by atoms with Crippen LogP contribution in [0.15, 0.2) is 22.7 Å². The maximum Gasteiger partial charge on any atom is 0.410 e. The number of esters is 1. The van der Waals surface area contributed by atoms with Gasteiger partial charge in [-0.3, -0.25) is 4.90 Å². The number of carbonyl (C=O) groups excluding carboxylic acids is 3. The normalized spacial score (nSPS) is 17.2. The first-order valence-electron chi connectivity index (χ1n) is 10.1. The molecule has 1 unspecified atom stereocenters. The summed E-state index contributed by atoms with van der Waals surface area (Å²) in [5.41, 5.74) is -0.295. The van der Waals surface area contributed by atoms with Gasteiger partial charge in [-0.15, -0.1) is 0 Å². The second-order valence-electron chi connectivity index (χ2n) is 9.34. The molecule has 0 aliphatic carbocycles. The number of nitrogens with zero attached hydrogens (tertiary/aromatic N) is 2. The minimum Gasteiger partial charge on any atom is -0.465 e. The molecular weight excluding hydrogens is 468 g/mol. The van der Waals surface area contributed by atoms with Crippen LogP contribution in [-0.2, 0) is 14.2 Å². The van der Waals surface area contributed by atoms with Gasteiger partial charge in [-0.05, 0) is 65.3 Å². The molecule has 172 valence electrons. The Labute approximate surface area is 191 Å². The Bertz CT molecular complexity index is 843. The summed E-state index contributed by atoms with van der Waals surface area (Å²) < 4.78 is 16.6. The van der Waals surface area contributed by atoms with Crippen molar-refractivity contribution in [3.63, 3.8) is 0 Å². The summed E-state index contributed by atoms with van der Waals surface area (Å²) in [5.74, 6) is -0.489. The van der Waals surface area contributed by atoms with Crippen LogP contribution < -0.4 is 0 Å². The lowest BCUT2D eigenvalue weighted by Crippen LogP contribution is -2.54. The van der Waals surface area contributed by atoms with Crippen LogP contribution >= 0.6 is 15.9 Å². The number of halogens is 1. The van der Waals surface area contributed by atoms with E-state index in [9.17, 15) is 14.4 Å². The van der Waals surface area contributed by atoms with E-state index in [1.54, 1.807) is 69.5 Å². The molecule has 2 amide bonds. The van der Waals surface area contributed by atoms with Crippen LogP contribution in [0.5, 0.6) is 0 Å². The molecule has 0 saturated carbocycles. The molecule has 2 rings (SSSR count). The van der Waals surface area contributed by atoms with Crippen molar-refractivity contribution in [2.45, 2.75) is 58.8 Å². The number of benzene rings is 1. The highest BCUT2D eigenvalue weighted by atomic mass is 79.9. The van der Waals surface area contributed by atoms with E-state index in [1.165, 1.54) is 7.11 Å². The fourth-order valence-corrected chi connectivity index (χ4v) is 3.64. The molecule has 9 heteroatoms. The molecule has 1 atom stereocenters. The molecule has 0 spiro atoms. The van der Waals surface area contributed by atoms with Crippen molar-refractivity contribution in [2.24, 2.45) is 0 Å². The highest BCUT2D eigenvalue weighted by molar-refractivity contribution is 9.10. The van der Waals surface area contributed by atoms with Crippen LogP contribution in [0.1, 0.15) is 63.5 Å². The van der Waals surface area contributed by atoms with Gasteiger partial charge in [0.15, 0.2) is 0 Å². The van der Waals surface area contributed by atoms with Gasteiger partial charge in [-0.25, -0.2) is 14.4 Å². The molecule has 31 heavy (non-hydrogen) atoms. The number of hydrogen-bond acceptors (Lipinski definition) is 6.